The Morgan fingerprint density at radius 3 is 2.75 bits per heavy atom. The van der Waals surface area contributed by atoms with Crippen molar-refractivity contribution in [2.75, 3.05) is 0 Å². The molecule has 0 aliphatic heterocycles. The fraction of sp³-hybridized carbons (Fsp3) is 0.176. The predicted molar refractivity (Wildman–Crippen MR) is 87.4 cm³/mol. The second-order valence-electron chi connectivity index (χ2n) is 5.27. The topological polar surface area (TPSA) is 39.9 Å². The summed E-state index contributed by atoms with van der Waals surface area (Å²) in [7, 11) is 0. The third kappa shape index (κ3) is 3.89. The molecule has 2 aromatic heterocycles. The number of aryl methyl sites for hydroxylation is 1. The maximum absolute atomic E-state index is 12.6. The Morgan fingerprint density at radius 1 is 1.25 bits per heavy atom. The SMILES string of the molecule is Cc1cn(Cc2cnc(OC(F)F)c(-c3cccc(Cl)c3)c2)cn1. The molecular weight excluding hydrogens is 336 g/mol. The van der Waals surface area contributed by atoms with Crippen molar-refractivity contribution in [3.63, 3.8) is 0 Å². The van der Waals surface area contributed by atoms with Crippen LogP contribution in [-0.4, -0.2) is 21.1 Å². The predicted octanol–water partition coefficient (Wildman–Crippen LogP) is 4.56. The summed E-state index contributed by atoms with van der Waals surface area (Å²) in [5.74, 6) is -0.127. The van der Waals surface area contributed by atoms with E-state index >= 15 is 0 Å². The van der Waals surface area contributed by atoms with Crippen molar-refractivity contribution in [1.29, 1.82) is 0 Å². The fourth-order valence-corrected chi connectivity index (χ4v) is 2.58. The van der Waals surface area contributed by atoms with Gasteiger partial charge in [-0.3, -0.25) is 0 Å². The summed E-state index contributed by atoms with van der Waals surface area (Å²) in [6.45, 7) is -0.528. The molecule has 0 atom stereocenters. The standard InChI is InChI=1S/C17H14ClF2N3O/c1-11-8-23(10-22-11)9-12-5-15(13-3-2-4-14(18)6-13)16(21-7-12)24-17(19)20/h2-8,10,17H,9H2,1H3. The highest BCUT2D eigenvalue weighted by Crippen LogP contribution is 2.31. The van der Waals surface area contributed by atoms with Crippen molar-refractivity contribution >= 4 is 11.6 Å². The molecule has 0 radical (unpaired) electrons. The number of imidazole rings is 1. The van der Waals surface area contributed by atoms with Crippen molar-refractivity contribution in [2.45, 2.75) is 20.1 Å². The fourth-order valence-electron chi connectivity index (χ4n) is 2.39. The zero-order valence-electron chi connectivity index (χ0n) is 12.8. The van der Waals surface area contributed by atoms with Gasteiger partial charge in [0.1, 0.15) is 0 Å². The van der Waals surface area contributed by atoms with E-state index < -0.39 is 6.61 Å². The first kappa shape index (κ1) is 16.4. The number of alkyl halides is 2. The smallest absolute Gasteiger partial charge is 0.388 e. The van der Waals surface area contributed by atoms with Gasteiger partial charge in [-0.05, 0) is 36.2 Å². The molecule has 0 aliphatic carbocycles. The van der Waals surface area contributed by atoms with Crippen LogP contribution in [0.25, 0.3) is 11.1 Å². The molecule has 3 aromatic rings. The van der Waals surface area contributed by atoms with Crippen LogP contribution < -0.4 is 4.74 Å². The molecule has 0 saturated heterocycles. The lowest BCUT2D eigenvalue weighted by molar-refractivity contribution is -0.0524. The van der Waals surface area contributed by atoms with E-state index in [0.717, 1.165) is 11.3 Å². The summed E-state index contributed by atoms with van der Waals surface area (Å²) in [5, 5.41) is 0.506. The minimum absolute atomic E-state index is 0.127. The van der Waals surface area contributed by atoms with Crippen LogP contribution in [0.2, 0.25) is 5.02 Å². The molecule has 24 heavy (non-hydrogen) atoms. The number of aromatic nitrogens is 3. The molecule has 124 valence electrons. The Labute approximate surface area is 142 Å². The monoisotopic (exact) mass is 349 g/mol. The largest absolute Gasteiger partial charge is 0.416 e. The van der Waals surface area contributed by atoms with Crippen LogP contribution in [0.1, 0.15) is 11.3 Å². The molecule has 0 amide bonds. The van der Waals surface area contributed by atoms with E-state index in [0.29, 0.717) is 22.7 Å². The quantitative estimate of drug-likeness (QED) is 0.678. The summed E-state index contributed by atoms with van der Waals surface area (Å²) < 4.78 is 31.7. The van der Waals surface area contributed by atoms with Crippen LogP contribution in [0.5, 0.6) is 5.88 Å². The lowest BCUT2D eigenvalue weighted by Crippen LogP contribution is -2.06. The molecule has 2 heterocycles. The highest BCUT2D eigenvalue weighted by molar-refractivity contribution is 6.30. The normalized spacial score (nSPS) is 11.0. The molecule has 0 fully saturated rings. The molecule has 0 saturated carbocycles. The molecular formula is C17H14ClF2N3O. The van der Waals surface area contributed by atoms with Gasteiger partial charge in [-0.2, -0.15) is 8.78 Å². The van der Waals surface area contributed by atoms with E-state index in [2.05, 4.69) is 14.7 Å². The molecule has 4 nitrogen and oxygen atoms in total. The first-order valence-electron chi connectivity index (χ1n) is 7.19. The molecule has 1 aromatic carbocycles. The van der Waals surface area contributed by atoms with Gasteiger partial charge in [0.25, 0.3) is 0 Å². The Kier molecular flexibility index (Phi) is 4.76. The van der Waals surface area contributed by atoms with Crippen LogP contribution in [-0.2, 0) is 6.54 Å². The third-order valence-corrected chi connectivity index (χ3v) is 3.61. The summed E-state index contributed by atoms with van der Waals surface area (Å²) in [4.78, 5) is 8.21. The van der Waals surface area contributed by atoms with Gasteiger partial charge in [-0.15, -0.1) is 0 Å². The van der Waals surface area contributed by atoms with Crippen LogP contribution >= 0.6 is 11.6 Å². The molecule has 0 aliphatic rings. The third-order valence-electron chi connectivity index (χ3n) is 3.37. The van der Waals surface area contributed by atoms with Gasteiger partial charge in [-0.25, -0.2) is 9.97 Å². The average molecular weight is 350 g/mol. The first-order chi connectivity index (χ1) is 11.5. The number of halogens is 3. The van der Waals surface area contributed by atoms with Gasteiger partial charge in [0.2, 0.25) is 5.88 Å². The van der Waals surface area contributed by atoms with Crippen LogP contribution in [0.15, 0.2) is 49.1 Å². The molecule has 0 spiro atoms. The molecule has 0 bridgehead atoms. The van der Waals surface area contributed by atoms with E-state index in [-0.39, 0.29) is 5.88 Å². The minimum atomic E-state index is -2.95. The van der Waals surface area contributed by atoms with Crippen LogP contribution in [0, 0.1) is 6.92 Å². The number of ether oxygens (including phenoxy) is 1. The lowest BCUT2D eigenvalue weighted by atomic mass is 10.1. The van der Waals surface area contributed by atoms with E-state index in [1.54, 1.807) is 36.7 Å². The average Bonchev–Trinajstić information content (AvgIpc) is 2.93. The Bertz CT molecular complexity index is 851. The zero-order chi connectivity index (χ0) is 17.1. The Morgan fingerprint density at radius 2 is 2.08 bits per heavy atom. The van der Waals surface area contributed by atoms with Gasteiger partial charge in [-0.1, -0.05) is 23.7 Å². The summed E-state index contributed by atoms with van der Waals surface area (Å²) in [6, 6.07) is 8.68. The summed E-state index contributed by atoms with van der Waals surface area (Å²) in [6.07, 6.45) is 5.11. The highest BCUT2D eigenvalue weighted by atomic mass is 35.5. The lowest BCUT2D eigenvalue weighted by Gasteiger charge is -2.12. The maximum atomic E-state index is 12.6. The molecule has 7 heteroatoms. The Hall–Kier alpha value is -2.47. The zero-order valence-corrected chi connectivity index (χ0v) is 13.5. The second-order valence-corrected chi connectivity index (χ2v) is 5.71. The molecule has 0 N–H and O–H groups in total. The number of hydrogen-bond acceptors (Lipinski definition) is 3. The van der Waals surface area contributed by atoms with Crippen LogP contribution in [0.4, 0.5) is 8.78 Å². The van der Waals surface area contributed by atoms with Gasteiger partial charge in [0.15, 0.2) is 0 Å². The number of pyridine rings is 1. The summed E-state index contributed by atoms with van der Waals surface area (Å²) >= 11 is 6.00. The second kappa shape index (κ2) is 6.97. The van der Waals surface area contributed by atoms with E-state index in [9.17, 15) is 8.78 Å². The molecule has 0 unspecified atom stereocenters. The highest BCUT2D eigenvalue weighted by Gasteiger charge is 2.14. The van der Waals surface area contributed by atoms with Crippen LogP contribution in [0.3, 0.4) is 0 Å². The maximum Gasteiger partial charge on any atom is 0.388 e. The molecule has 3 rings (SSSR count). The summed E-state index contributed by atoms with van der Waals surface area (Å²) in [5.41, 5.74) is 2.86. The van der Waals surface area contributed by atoms with Gasteiger partial charge >= 0.3 is 6.61 Å². The van der Waals surface area contributed by atoms with Crippen molar-refractivity contribution < 1.29 is 13.5 Å². The number of nitrogens with zero attached hydrogens (tertiary/aromatic N) is 3. The van der Waals surface area contributed by atoms with Crippen molar-refractivity contribution in [3.8, 4) is 17.0 Å². The van der Waals surface area contributed by atoms with Gasteiger partial charge in [0.05, 0.1) is 18.6 Å². The number of rotatable bonds is 5. The van der Waals surface area contributed by atoms with E-state index in [4.69, 9.17) is 11.6 Å². The number of benzene rings is 1. The minimum Gasteiger partial charge on any atom is -0.416 e. The van der Waals surface area contributed by atoms with E-state index in [1.165, 1.54) is 6.20 Å². The van der Waals surface area contributed by atoms with Crippen molar-refractivity contribution in [3.05, 3.63) is 65.3 Å². The number of hydrogen-bond donors (Lipinski definition) is 0. The Balaban J connectivity index is 2.00. The first-order valence-corrected chi connectivity index (χ1v) is 7.57. The van der Waals surface area contributed by atoms with Crippen molar-refractivity contribution in [2.24, 2.45) is 0 Å². The van der Waals surface area contributed by atoms with Crippen molar-refractivity contribution in [1.82, 2.24) is 14.5 Å². The van der Waals surface area contributed by atoms with Gasteiger partial charge < -0.3 is 9.30 Å². The van der Waals surface area contributed by atoms with E-state index in [1.807, 2.05) is 17.7 Å². The van der Waals surface area contributed by atoms with Gasteiger partial charge in [0, 0.05) is 23.0 Å².